The van der Waals surface area contributed by atoms with Crippen molar-refractivity contribution in [2.24, 2.45) is 0 Å². The summed E-state index contributed by atoms with van der Waals surface area (Å²) in [6.45, 7) is 0.422. The number of hydrogen-bond acceptors (Lipinski definition) is 7. The number of methoxy groups -OCH3 is 3. The van der Waals surface area contributed by atoms with Crippen molar-refractivity contribution >= 4 is 16.0 Å². The topological polar surface area (TPSA) is 105 Å². The molecule has 11 heteroatoms. The highest BCUT2D eigenvalue weighted by atomic mass is 32.2. The fourth-order valence-corrected chi connectivity index (χ4v) is 4.93. The van der Waals surface area contributed by atoms with Crippen LogP contribution in [0.2, 0.25) is 0 Å². The van der Waals surface area contributed by atoms with Gasteiger partial charge in [-0.3, -0.25) is 4.79 Å². The first-order valence-corrected chi connectivity index (χ1v) is 12.1. The van der Waals surface area contributed by atoms with Crippen LogP contribution in [0.15, 0.2) is 30.3 Å². The molecule has 1 heterocycles. The van der Waals surface area contributed by atoms with Crippen LogP contribution in [-0.2, 0) is 15.5 Å². The number of carbonyl (C=O) groups is 1. The molecule has 0 radical (unpaired) electrons. The number of carbonyl (C=O) groups excluding carboxylic acids is 1. The number of hydrogen-bond donors (Lipinski definition) is 0. The Labute approximate surface area is 197 Å². The molecule has 0 bridgehead atoms. The van der Waals surface area contributed by atoms with E-state index in [0.717, 1.165) is 12.1 Å². The molecule has 1 aliphatic rings. The van der Waals surface area contributed by atoms with Gasteiger partial charge < -0.3 is 23.7 Å². The Kier molecular flexibility index (Phi) is 7.67. The predicted octanol–water partition coefficient (Wildman–Crippen LogP) is 3.10. The van der Waals surface area contributed by atoms with E-state index in [1.165, 1.54) is 39.5 Å². The van der Waals surface area contributed by atoms with Crippen molar-refractivity contribution < 1.29 is 40.8 Å². The van der Waals surface area contributed by atoms with Crippen LogP contribution in [0.25, 0.3) is 0 Å². The first-order chi connectivity index (χ1) is 16.0. The van der Waals surface area contributed by atoms with Crippen molar-refractivity contribution in [2.45, 2.75) is 24.7 Å². The van der Waals surface area contributed by atoms with Gasteiger partial charge in [-0.25, -0.2) is 17.2 Å². The second-order valence-corrected chi connectivity index (χ2v) is 9.69. The molecule has 1 aliphatic heterocycles. The maximum absolute atomic E-state index is 14.0. The lowest BCUT2D eigenvalue weighted by Gasteiger charge is -2.30. The third-order valence-electron chi connectivity index (χ3n) is 6.13. The average Bonchev–Trinajstić information content (AvgIpc) is 3.23. The largest absolute Gasteiger partial charge is 0.748 e. The normalized spacial score (nSPS) is 18.1. The fraction of sp³-hybridized carbons (Fsp3) is 0.435. The number of ether oxygens (including phenoxy) is 3. The molecule has 1 saturated heterocycles. The average molecular weight is 499 g/mol. The molecular formula is C23H26F2NO7S-. The predicted molar refractivity (Wildman–Crippen MR) is 118 cm³/mol. The lowest BCUT2D eigenvalue weighted by molar-refractivity contribution is 0.0781. The smallest absolute Gasteiger partial charge is 0.254 e. The second kappa shape index (κ2) is 10.1. The Morgan fingerprint density at radius 2 is 1.71 bits per heavy atom. The third-order valence-corrected chi connectivity index (χ3v) is 6.92. The number of amides is 1. The van der Waals surface area contributed by atoms with Crippen LogP contribution in [0, 0.1) is 11.6 Å². The molecule has 3 rings (SSSR count). The second-order valence-electron chi connectivity index (χ2n) is 8.17. The summed E-state index contributed by atoms with van der Waals surface area (Å²) in [5.74, 6) is -2.04. The summed E-state index contributed by atoms with van der Waals surface area (Å²) in [6.07, 6.45) is 0.614. The molecule has 1 amide bonds. The van der Waals surface area contributed by atoms with E-state index in [-0.39, 0.29) is 30.9 Å². The molecule has 34 heavy (non-hydrogen) atoms. The van der Waals surface area contributed by atoms with Gasteiger partial charge in [0, 0.05) is 29.8 Å². The summed E-state index contributed by atoms with van der Waals surface area (Å²) in [5.41, 5.74) is -0.122. The van der Waals surface area contributed by atoms with Crippen molar-refractivity contribution in [3.05, 3.63) is 53.1 Å². The summed E-state index contributed by atoms with van der Waals surface area (Å²) in [6, 6.07) is 6.53. The molecule has 2 aromatic rings. The van der Waals surface area contributed by atoms with Gasteiger partial charge in [0.2, 0.25) is 5.75 Å². The van der Waals surface area contributed by atoms with Gasteiger partial charge in [0.15, 0.2) is 23.1 Å². The van der Waals surface area contributed by atoms with Gasteiger partial charge in [-0.15, -0.1) is 0 Å². The van der Waals surface area contributed by atoms with Crippen LogP contribution in [0.4, 0.5) is 8.78 Å². The van der Waals surface area contributed by atoms with Gasteiger partial charge in [-0.2, -0.15) is 0 Å². The molecule has 0 aromatic heterocycles. The minimum absolute atomic E-state index is 0.0248. The molecular weight excluding hydrogens is 472 g/mol. The van der Waals surface area contributed by atoms with Crippen LogP contribution in [0.1, 0.15) is 35.2 Å². The number of halogens is 2. The van der Waals surface area contributed by atoms with Crippen LogP contribution < -0.4 is 14.2 Å². The summed E-state index contributed by atoms with van der Waals surface area (Å²) >= 11 is 0. The zero-order chi connectivity index (χ0) is 25.1. The molecule has 1 fully saturated rings. The highest BCUT2D eigenvalue weighted by Gasteiger charge is 2.42. The quantitative estimate of drug-likeness (QED) is 0.489. The highest BCUT2D eigenvalue weighted by molar-refractivity contribution is 7.85. The summed E-state index contributed by atoms with van der Waals surface area (Å²) in [5, 5.41) is 0. The minimum Gasteiger partial charge on any atom is -0.748 e. The maximum Gasteiger partial charge on any atom is 0.254 e. The molecule has 1 atom stereocenters. The lowest BCUT2D eigenvalue weighted by atomic mass is 9.76. The SMILES string of the molecule is COc1cc(C(=O)N2CCC(CCCS(=O)(=O)[O-])(c3ccc(F)c(F)c3)C2)cc(OC)c1OC. The standard InChI is InChI=1S/C23H27F2NO7S/c1-31-19-11-15(12-20(32-2)21(19)33-3)22(27)26-9-8-23(14-26,7-4-10-34(28,29)30)16-5-6-17(24)18(25)13-16/h5-6,11-13H,4,7-10,14H2,1-3H3,(H,28,29,30)/p-1. The van der Waals surface area contributed by atoms with Crippen molar-refractivity contribution in [1.29, 1.82) is 0 Å². The Hall–Kier alpha value is -2.92. The van der Waals surface area contributed by atoms with Gasteiger partial charge in [0.1, 0.15) is 0 Å². The maximum atomic E-state index is 14.0. The van der Waals surface area contributed by atoms with E-state index in [0.29, 0.717) is 35.8 Å². The van der Waals surface area contributed by atoms with E-state index < -0.39 is 32.9 Å². The lowest BCUT2D eigenvalue weighted by Crippen LogP contribution is -2.35. The van der Waals surface area contributed by atoms with Crippen molar-refractivity contribution in [2.75, 3.05) is 40.2 Å². The van der Waals surface area contributed by atoms with Gasteiger partial charge >= 0.3 is 0 Å². The van der Waals surface area contributed by atoms with Gasteiger partial charge in [-0.05, 0) is 49.1 Å². The summed E-state index contributed by atoms with van der Waals surface area (Å²) < 4.78 is 76.8. The number of benzene rings is 2. The third kappa shape index (κ3) is 5.41. The summed E-state index contributed by atoms with van der Waals surface area (Å²) in [4.78, 5) is 14.9. The van der Waals surface area contributed by atoms with Crippen LogP contribution in [0.3, 0.4) is 0 Å². The van der Waals surface area contributed by atoms with Gasteiger partial charge in [0.05, 0.1) is 31.4 Å². The Balaban J connectivity index is 1.93. The van der Waals surface area contributed by atoms with E-state index in [1.54, 1.807) is 4.90 Å². The molecule has 8 nitrogen and oxygen atoms in total. The molecule has 186 valence electrons. The first kappa shape index (κ1) is 25.7. The molecule has 0 N–H and O–H groups in total. The minimum atomic E-state index is -4.44. The first-order valence-electron chi connectivity index (χ1n) is 10.5. The van der Waals surface area contributed by atoms with E-state index in [1.807, 2.05) is 0 Å². The Morgan fingerprint density at radius 3 is 2.24 bits per heavy atom. The Morgan fingerprint density at radius 1 is 1.06 bits per heavy atom. The van der Waals surface area contributed by atoms with Crippen molar-refractivity contribution in [1.82, 2.24) is 4.90 Å². The van der Waals surface area contributed by atoms with Gasteiger partial charge in [-0.1, -0.05) is 6.07 Å². The summed E-state index contributed by atoms with van der Waals surface area (Å²) in [7, 11) is -0.133. The van der Waals surface area contributed by atoms with E-state index in [9.17, 15) is 26.5 Å². The molecule has 2 aromatic carbocycles. The highest BCUT2D eigenvalue weighted by Crippen LogP contribution is 2.42. The van der Waals surface area contributed by atoms with Gasteiger partial charge in [0.25, 0.3) is 5.91 Å². The van der Waals surface area contributed by atoms with E-state index in [4.69, 9.17) is 14.2 Å². The molecule has 0 saturated carbocycles. The number of likely N-dealkylation sites (tertiary alicyclic amines) is 1. The zero-order valence-electron chi connectivity index (χ0n) is 19.1. The zero-order valence-corrected chi connectivity index (χ0v) is 19.9. The van der Waals surface area contributed by atoms with Crippen LogP contribution in [0.5, 0.6) is 17.2 Å². The van der Waals surface area contributed by atoms with Crippen molar-refractivity contribution in [3.63, 3.8) is 0 Å². The molecule has 0 aliphatic carbocycles. The van der Waals surface area contributed by atoms with E-state index in [2.05, 4.69) is 0 Å². The van der Waals surface area contributed by atoms with E-state index >= 15 is 0 Å². The van der Waals surface area contributed by atoms with Crippen LogP contribution in [-0.4, -0.2) is 63.9 Å². The fourth-order valence-electron chi connectivity index (χ4n) is 4.43. The number of nitrogens with zero attached hydrogens (tertiary/aromatic N) is 1. The number of rotatable bonds is 9. The molecule has 1 unspecified atom stereocenters. The van der Waals surface area contributed by atoms with Crippen molar-refractivity contribution in [3.8, 4) is 17.2 Å². The molecule has 0 spiro atoms. The van der Waals surface area contributed by atoms with Crippen LogP contribution >= 0.6 is 0 Å². The monoisotopic (exact) mass is 498 g/mol. The Bertz CT molecular complexity index is 1150.